The van der Waals surface area contributed by atoms with E-state index in [0.29, 0.717) is 42.9 Å². The standard InChI is InChI=1S/C19H20F3N5O/c1-26-5-3-19(22,4-6-26)12-10-27-14(9-24-16(27)8-15(12)28-2)11-7-13(20)18(23)25-17(11)21/h7-10H,3-6H2,1-2H3,(H2,23,25). The van der Waals surface area contributed by atoms with Gasteiger partial charge in [-0.15, -0.1) is 0 Å². The fourth-order valence-electron chi connectivity index (χ4n) is 3.61. The molecule has 0 bridgehead atoms. The second kappa shape index (κ2) is 6.66. The van der Waals surface area contributed by atoms with Crippen molar-refractivity contribution in [2.24, 2.45) is 0 Å². The van der Waals surface area contributed by atoms with E-state index >= 15 is 4.39 Å². The number of hydrogen-bond donors (Lipinski definition) is 1. The van der Waals surface area contributed by atoms with Gasteiger partial charge in [0, 0.05) is 30.9 Å². The molecule has 0 atom stereocenters. The smallest absolute Gasteiger partial charge is 0.224 e. The van der Waals surface area contributed by atoms with Crippen molar-refractivity contribution in [1.82, 2.24) is 19.3 Å². The first-order chi connectivity index (χ1) is 13.3. The number of anilines is 1. The van der Waals surface area contributed by atoms with Crippen LogP contribution in [0.5, 0.6) is 5.75 Å². The van der Waals surface area contributed by atoms with E-state index in [-0.39, 0.29) is 11.3 Å². The van der Waals surface area contributed by atoms with Crippen LogP contribution in [-0.2, 0) is 5.67 Å². The summed E-state index contributed by atoms with van der Waals surface area (Å²) in [6.45, 7) is 1.21. The van der Waals surface area contributed by atoms with Crippen molar-refractivity contribution in [3.63, 3.8) is 0 Å². The molecule has 148 valence electrons. The summed E-state index contributed by atoms with van der Waals surface area (Å²) < 4.78 is 50.9. The van der Waals surface area contributed by atoms with E-state index in [1.165, 1.54) is 17.7 Å². The number of nitrogens with zero attached hydrogens (tertiary/aromatic N) is 4. The molecule has 9 heteroatoms. The van der Waals surface area contributed by atoms with E-state index in [2.05, 4.69) is 14.9 Å². The van der Waals surface area contributed by atoms with Crippen LogP contribution in [0.3, 0.4) is 0 Å². The lowest BCUT2D eigenvalue weighted by Gasteiger charge is -2.35. The summed E-state index contributed by atoms with van der Waals surface area (Å²) in [5.74, 6) is -1.91. The van der Waals surface area contributed by atoms with E-state index < -0.39 is 23.3 Å². The zero-order valence-electron chi connectivity index (χ0n) is 15.5. The molecule has 4 rings (SSSR count). The first-order valence-electron chi connectivity index (χ1n) is 8.87. The Balaban J connectivity index is 1.89. The number of pyridine rings is 2. The van der Waals surface area contributed by atoms with E-state index in [4.69, 9.17) is 10.5 Å². The Labute approximate surface area is 159 Å². The number of piperidine rings is 1. The first-order valence-corrected chi connectivity index (χ1v) is 8.87. The molecular formula is C19H20F3N5O. The monoisotopic (exact) mass is 391 g/mol. The number of methoxy groups -OCH3 is 1. The van der Waals surface area contributed by atoms with Crippen LogP contribution in [0.25, 0.3) is 16.9 Å². The molecule has 0 spiro atoms. The molecule has 0 saturated carbocycles. The highest BCUT2D eigenvalue weighted by atomic mass is 19.1. The highest BCUT2D eigenvalue weighted by Gasteiger charge is 2.38. The van der Waals surface area contributed by atoms with E-state index in [1.807, 2.05) is 7.05 Å². The van der Waals surface area contributed by atoms with Crippen molar-refractivity contribution >= 4 is 11.5 Å². The third-order valence-electron chi connectivity index (χ3n) is 5.32. The molecule has 1 aliphatic rings. The second-order valence-corrected chi connectivity index (χ2v) is 7.09. The fraction of sp³-hybridized carbons (Fsp3) is 0.368. The van der Waals surface area contributed by atoms with Crippen LogP contribution in [-0.4, -0.2) is 46.5 Å². The predicted octanol–water partition coefficient (Wildman–Crippen LogP) is 3.16. The van der Waals surface area contributed by atoms with Crippen molar-refractivity contribution in [1.29, 1.82) is 0 Å². The minimum atomic E-state index is -1.59. The zero-order chi connectivity index (χ0) is 20.1. The molecule has 6 nitrogen and oxygen atoms in total. The summed E-state index contributed by atoms with van der Waals surface area (Å²) in [5, 5.41) is 0. The van der Waals surface area contributed by atoms with Crippen LogP contribution in [0, 0.1) is 11.8 Å². The molecular weight excluding hydrogens is 371 g/mol. The zero-order valence-corrected chi connectivity index (χ0v) is 15.5. The summed E-state index contributed by atoms with van der Waals surface area (Å²) in [7, 11) is 3.41. The Bertz CT molecular complexity index is 1040. The Morgan fingerprint density at radius 2 is 1.93 bits per heavy atom. The van der Waals surface area contributed by atoms with Gasteiger partial charge in [-0.2, -0.15) is 9.37 Å². The summed E-state index contributed by atoms with van der Waals surface area (Å²) in [5.41, 5.74) is 4.66. The maximum Gasteiger partial charge on any atom is 0.224 e. The van der Waals surface area contributed by atoms with Gasteiger partial charge in [-0.05, 0) is 26.0 Å². The lowest BCUT2D eigenvalue weighted by Crippen LogP contribution is -2.38. The number of halogens is 3. The van der Waals surface area contributed by atoms with Gasteiger partial charge in [-0.1, -0.05) is 0 Å². The number of hydrogen-bond acceptors (Lipinski definition) is 5. The lowest BCUT2D eigenvalue weighted by atomic mass is 9.86. The number of imidazole rings is 1. The van der Waals surface area contributed by atoms with Gasteiger partial charge in [-0.25, -0.2) is 13.8 Å². The topological polar surface area (TPSA) is 68.7 Å². The Kier molecular flexibility index (Phi) is 4.41. The van der Waals surface area contributed by atoms with E-state index in [0.717, 1.165) is 6.07 Å². The Hall–Kier alpha value is -2.81. The quantitative estimate of drug-likeness (QED) is 0.695. The molecule has 0 radical (unpaired) electrons. The van der Waals surface area contributed by atoms with Crippen LogP contribution < -0.4 is 10.5 Å². The van der Waals surface area contributed by atoms with Gasteiger partial charge in [-0.3, -0.25) is 4.40 Å². The molecule has 0 amide bonds. The van der Waals surface area contributed by atoms with Crippen molar-refractivity contribution in [2.75, 3.05) is 33.0 Å². The van der Waals surface area contributed by atoms with Gasteiger partial charge in [0.2, 0.25) is 5.95 Å². The Morgan fingerprint density at radius 3 is 2.61 bits per heavy atom. The normalized spacial score (nSPS) is 17.2. The van der Waals surface area contributed by atoms with Gasteiger partial charge in [0.05, 0.1) is 24.6 Å². The molecule has 4 heterocycles. The number of ether oxygens (including phenoxy) is 1. The maximum atomic E-state index is 15.8. The van der Waals surface area contributed by atoms with Gasteiger partial charge in [0.1, 0.15) is 17.1 Å². The van der Waals surface area contributed by atoms with Crippen LogP contribution in [0.1, 0.15) is 18.4 Å². The average molecular weight is 391 g/mol. The van der Waals surface area contributed by atoms with Crippen molar-refractivity contribution in [2.45, 2.75) is 18.5 Å². The average Bonchev–Trinajstić information content (AvgIpc) is 3.09. The third-order valence-corrected chi connectivity index (χ3v) is 5.32. The molecule has 1 saturated heterocycles. The number of alkyl halides is 1. The number of aromatic nitrogens is 3. The summed E-state index contributed by atoms with van der Waals surface area (Å²) in [6.07, 6.45) is 3.55. The molecule has 0 aliphatic carbocycles. The van der Waals surface area contributed by atoms with E-state index in [9.17, 15) is 8.78 Å². The largest absolute Gasteiger partial charge is 0.496 e. The first kappa shape index (κ1) is 18.5. The summed E-state index contributed by atoms with van der Waals surface area (Å²) >= 11 is 0. The second-order valence-electron chi connectivity index (χ2n) is 7.09. The number of nitrogens with two attached hydrogens (primary N) is 1. The number of nitrogen functional groups attached to an aromatic ring is 1. The summed E-state index contributed by atoms with van der Waals surface area (Å²) in [4.78, 5) is 9.68. The van der Waals surface area contributed by atoms with Crippen molar-refractivity contribution < 1.29 is 17.9 Å². The molecule has 2 N–H and O–H groups in total. The maximum absolute atomic E-state index is 15.8. The highest BCUT2D eigenvalue weighted by molar-refractivity contribution is 5.66. The Morgan fingerprint density at radius 1 is 1.21 bits per heavy atom. The van der Waals surface area contributed by atoms with E-state index in [1.54, 1.807) is 12.3 Å². The molecule has 1 aliphatic heterocycles. The molecule has 28 heavy (non-hydrogen) atoms. The summed E-state index contributed by atoms with van der Waals surface area (Å²) in [6, 6.07) is 2.56. The molecule has 0 unspecified atom stereocenters. The van der Waals surface area contributed by atoms with Crippen LogP contribution in [0.4, 0.5) is 19.0 Å². The predicted molar refractivity (Wildman–Crippen MR) is 98.8 cm³/mol. The number of rotatable bonds is 3. The fourth-order valence-corrected chi connectivity index (χ4v) is 3.61. The minimum absolute atomic E-state index is 0.105. The molecule has 3 aromatic rings. The number of likely N-dealkylation sites (tertiary alicyclic amines) is 1. The third kappa shape index (κ3) is 2.95. The highest BCUT2D eigenvalue weighted by Crippen LogP contribution is 2.42. The van der Waals surface area contributed by atoms with Gasteiger partial charge >= 0.3 is 0 Å². The lowest BCUT2D eigenvalue weighted by molar-refractivity contribution is 0.0646. The van der Waals surface area contributed by atoms with Gasteiger partial charge < -0.3 is 15.4 Å². The molecule has 0 aromatic carbocycles. The van der Waals surface area contributed by atoms with Crippen molar-refractivity contribution in [3.05, 3.63) is 41.9 Å². The number of fused-ring (bicyclic) bond motifs is 1. The van der Waals surface area contributed by atoms with Crippen LogP contribution in [0.15, 0.2) is 24.5 Å². The molecule has 1 fully saturated rings. The minimum Gasteiger partial charge on any atom is -0.496 e. The molecule has 3 aromatic heterocycles. The van der Waals surface area contributed by atoms with Crippen LogP contribution >= 0.6 is 0 Å². The van der Waals surface area contributed by atoms with Gasteiger partial charge in [0.25, 0.3) is 0 Å². The van der Waals surface area contributed by atoms with Gasteiger partial charge in [0.15, 0.2) is 11.6 Å². The van der Waals surface area contributed by atoms with Crippen LogP contribution in [0.2, 0.25) is 0 Å². The SMILES string of the molecule is COc1cc2ncc(-c3cc(F)c(N)nc3F)n2cc1C1(F)CCN(C)CC1. The van der Waals surface area contributed by atoms with Crippen molar-refractivity contribution in [3.8, 4) is 17.0 Å².